The van der Waals surface area contributed by atoms with Crippen LogP contribution in [0.2, 0.25) is 0 Å². The van der Waals surface area contributed by atoms with Crippen molar-refractivity contribution >= 4 is 11.6 Å². The molecule has 4 nitrogen and oxygen atoms in total. The minimum atomic E-state index is -0.0294. The maximum absolute atomic E-state index is 12.1. The maximum atomic E-state index is 12.1. The number of carbonyl (C=O) groups is 1. The summed E-state index contributed by atoms with van der Waals surface area (Å²) >= 11 is 0. The van der Waals surface area contributed by atoms with Crippen LogP contribution in [-0.4, -0.2) is 19.1 Å². The fourth-order valence-corrected chi connectivity index (χ4v) is 2.17. The lowest BCUT2D eigenvalue weighted by atomic mass is 10.2. The lowest BCUT2D eigenvalue weighted by Crippen LogP contribution is -2.14. The van der Waals surface area contributed by atoms with Crippen LogP contribution in [-0.2, 0) is 4.79 Å². The van der Waals surface area contributed by atoms with Crippen molar-refractivity contribution < 1.29 is 14.3 Å². The summed E-state index contributed by atoms with van der Waals surface area (Å²) in [6.45, 7) is 3.30. The van der Waals surface area contributed by atoms with E-state index < -0.39 is 0 Å². The van der Waals surface area contributed by atoms with Gasteiger partial charge in [0.1, 0.15) is 11.5 Å². The second-order valence-corrected chi connectivity index (χ2v) is 5.51. The first kappa shape index (κ1) is 17.9. The Kier molecular flexibility index (Phi) is 7.68. The summed E-state index contributed by atoms with van der Waals surface area (Å²) in [6, 6.07) is 17.2. The van der Waals surface area contributed by atoms with Crippen LogP contribution in [0.1, 0.15) is 32.6 Å². The Balaban J connectivity index is 1.73. The molecule has 2 aromatic carbocycles. The zero-order valence-electron chi connectivity index (χ0n) is 14.2. The molecule has 0 fully saturated rings. The van der Waals surface area contributed by atoms with Gasteiger partial charge in [-0.3, -0.25) is 4.79 Å². The molecule has 24 heavy (non-hydrogen) atoms. The number of unbranched alkanes of at least 4 members (excludes halogenated alkanes) is 1. The van der Waals surface area contributed by atoms with Crippen LogP contribution in [0.15, 0.2) is 54.6 Å². The number of amides is 1. The quantitative estimate of drug-likeness (QED) is 0.645. The van der Waals surface area contributed by atoms with Crippen molar-refractivity contribution in [3.05, 3.63) is 54.6 Å². The highest BCUT2D eigenvalue weighted by Crippen LogP contribution is 2.24. The first-order chi connectivity index (χ1) is 11.8. The third-order valence-corrected chi connectivity index (χ3v) is 3.48. The molecule has 0 aromatic heterocycles. The van der Waals surface area contributed by atoms with Gasteiger partial charge in [-0.2, -0.15) is 0 Å². The summed E-state index contributed by atoms with van der Waals surface area (Å²) in [5, 5.41) is 2.92. The molecule has 0 saturated carbocycles. The fraction of sp³-hybridized carbons (Fsp3) is 0.350. The summed E-state index contributed by atoms with van der Waals surface area (Å²) in [7, 11) is 0. The second-order valence-electron chi connectivity index (χ2n) is 5.51. The molecule has 0 atom stereocenters. The Morgan fingerprint density at radius 3 is 2.42 bits per heavy atom. The van der Waals surface area contributed by atoms with Gasteiger partial charge in [0.2, 0.25) is 5.91 Å². The van der Waals surface area contributed by atoms with Crippen LogP contribution in [0, 0.1) is 0 Å². The Morgan fingerprint density at radius 2 is 1.62 bits per heavy atom. The van der Waals surface area contributed by atoms with E-state index in [0.29, 0.717) is 26.1 Å². The number of ether oxygens (including phenoxy) is 2. The zero-order valence-corrected chi connectivity index (χ0v) is 14.2. The lowest BCUT2D eigenvalue weighted by molar-refractivity contribution is -0.116. The van der Waals surface area contributed by atoms with E-state index in [4.69, 9.17) is 9.47 Å². The SMILES string of the molecule is CCCCOc1ccccc1NC(=O)CCCOc1ccccc1. The van der Waals surface area contributed by atoms with E-state index in [0.717, 1.165) is 30.0 Å². The van der Waals surface area contributed by atoms with Crippen LogP contribution in [0.3, 0.4) is 0 Å². The molecule has 0 saturated heterocycles. The van der Waals surface area contributed by atoms with E-state index in [9.17, 15) is 4.79 Å². The molecule has 128 valence electrons. The number of para-hydroxylation sites is 3. The van der Waals surface area contributed by atoms with Gasteiger partial charge in [-0.25, -0.2) is 0 Å². The van der Waals surface area contributed by atoms with Crippen LogP contribution < -0.4 is 14.8 Å². The molecule has 1 N–H and O–H groups in total. The molecule has 0 aliphatic rings. The minimum Gasteiger partial charge on any atom is -0.494 e. The van der Waals surface area contributed by atoms with E-state index >= 15 is 0 Å². The third kappa shape index (κ3) is 6.32. The zero-order chi connectivity index (χ0) is 17.0. The second kappa shape index (κ2) is 10.3. The summed E-state index contributed by atoms with van der Waals surface area (Å²) in [5.41, 5.74) is 0.725. The molecule has 0 aliphatic heterocycles. The van der Waals surface area contributed by atoms with E-state index in [1.165, 1.54) is 0 Å². The number of hydrogen-bond donors (Lipinski definition) is 1. The van der Waals surface area contributed by atoms with Crippen LogP contribution >= 0.6 is 0 Å². The molecule has 0 unspecified atom stereocenters. The molecule has 2 rings (SSSR count). The van der Waals surface area contributed by atoms with Crippen molar-refractivity contribution in [1.82, 2.24) is 0 Å². The topological polar surface area (TPSA) is 47.6 Å². The summed E-state index contributed by atoms with van der Waals surface area (Å²) in [5.74, 6) is 1.52. The molecule has 2 aromatic rings. The number of benzene rings is 2. The van der Waals surface area contributed by atoms with E-state index in [1.807, 2.05) is 54.6 Å². The molecule has 0 bridgehead atoms. The number of nitrogens with one attached hydrogen (secondary N) is 1. The molecular formula is C20H25NO3. The average Bonchev–Trinajstić information content (AvgIpc) is 2.61. The first-order valence-corrected chi connectivity index (χ1v) is 8.49. The van der Waals surface area contributed by atoms with Gasteiger partial charge < -0.3 is 14.8 Å². The van der Waals surface area contributed by atoms with E-state index in [1.54, 1.807) is 0 Å². The summed E-state index contributed by atoms with van der Waals surface area (Å²) in [6.07, 6.45) is 3.16. The van der Waals surface area contributed by atoms with Crippen LogP contribution in [0.25, 0.3) is 0 Å². The Morgan fingerprint density at radius 1 is 0.917 bits per heavy atom. The smallest absolute Gasteiger partial charge is 0.224 e. The standard InChI is InChI=1S/C20H25NO3/c1-2-3-15-24-19-13-8-7-12-18(19)21-20(22)14-9-16-23-17-10-5-4-6-11-17/h4-8,10-13H,2-3,9,14-16H2,1H3,(H,21,22). The van der Waals surface area contributed by atoms with Crippen molar-refractivity contribution in [3.63, 3.8) is 0 Å². The van der Waals surface area contributed by atoms with Gasteiger partial charge in [0.05, 0.1) is 18.9 Å². The third-order valence-electron chi connectivity index (χ3n) is 3.48. The average molecular weight is 327 g/mol. The predicted octanol–water partition coefficient (Wildman–Crippen LogP) is 4.66. The van der Waals surface area contributed by atoms with Crippen molar-refractivity contribution in [2.45, 2.75) is 32.6 Å². The molecule has 1 amide bonds. The number of hydrogen-bond acceptors (Lipinski definition) is 3. The normalized spacial score (nSPS) is 10.2. The van der Waals surface area contributed by atoms with Crippen LogP contribution in [0.4, 0.5) is 5.69 Å². The van der Waals surface area contributed by atoms with Crippen LogP contribution in [0.5, 0.6) is 11.5 Å². The van der Waals surface area contributed by atoms with Gasteiger partial charge in [-0.05, 0) is 37.1 Å². The molecule has 4 heteroatoms. The molecular weight excluding hydrogens is 302 g/mol. The van der Waals surface area contributed by atoms with Gasteiger partial charge in [0.25, 0.3) is 0 Å². The van der Waals surface area contributed by atoms with Crippen molar-refractivity contribution in [1.29, 1.82) is 0 Å². The summed E-state index contributed by atoms with van der Waals surface area (Å²) in [4.78, 5) is 12.1. The van der Waals surface area contributed by atoms with Gasteiger partial charge in [0.15, 0.2) is 0 Å². The van der Waals surface area contributed by atoms with E-state index in [-0.39, 0.29) is 5.91 Å². The number of anilines is 1. The van der Waals surface area contributed by atoms with Gasteiger partial charge in [-0.15, -0.1) is 0 Å². The van der Waals surface area contributed by atoms with Gasteiger partial charge in [0, 0.05) is 6.42 Å². The highest BCUT2D eigenvalue weighted by Gasteiger charge is 2.07. The molecule has 0 radical (unpaired) electrons. The summed E-state index contributed by atoms with van der Waals surface area (Å²) < 4.78 is 11.3. The Labute approximate surface area is 143 Å². The van der Waals surface area contributed by atoms with Crippen molar-refractivity contribution in [3.8, 4) is 11.5 Å². The fourth-order valence-electron chi connectivity index (χ4n) is 2.17. The molecule has 0 spiro atoms. The van der Waals surface area contributed by atoms with Crippen molar-refractivity contribution in [2.24, 2.45) is 0 Å². The highest BCUT2D eigenvalue weighted by molar-refractivity contribution is 5.92. The Bertz CT molecular complexity index is 613. The molecule has 0 heterocycles. The number of carbonyl (C=O) groups excluding carboxylic acids is 1. The first-order valence-electron chi connectivity index (χ1n) is 8.49. The van der Waals surface area contributed by atoms with E-state index in [2.05, 4.69) is 12.2 Å². The monoisotopic (exact) mass is 327 g/mol. The predicted molar refractivity (Wildman–Crippen MR) is 96.6 cm³/mol. The minimum absolute atomic E-state index is 0.0294. The van der Waals surface area contributed by atoms with Crippen molar-refractivity contribution in [2.75, 3.05) is 18.5 Å². The Hall–Kier alpha value is -2.49. The van der Waals surface area contributed by atoms with Gasteiger partial charge >= 0.3 is 0 Å². The maximum Gasteiger partial charge on any atom is 0.224 e. The van der Waals surface area contributed by atoms with Gasteiger partial charge in [-0.1, -0.05) is 43.7 Å². The molecule has 0 aliphatic carbocycles. The number of rotatable bonds is 10. The largest absolute Gasteiger partial charge is 0.494 e. The lowest BCUT2D eigenvalue weighted by Gasteiger charge is -2.12. The highest BCUT2D eigenvalue weighted by atomic mass is 16.5.